The number of unbranched alkanes of at least 4 members (excludes halogenated alkanes) is 2. The predicted octanol–water partition coefficient (Wildman–Crippen LogP) is 4.94. The number of aliphatic hydroxyl groups is 1. The van der Waals surface area contributed by atoms with E-state index < -0.39 is 19.1 Å². The van der Waals surface area contributed by atoms with Gasteiger partial charge in [-0.2, -0.15) is 0 Å². The van der Waals surface area contributed by atoms with E-state index in [1.54, 1.807) is 4.90 Å². The number of benzene rings is 1. The number of amides is 1. The lowest BCUT2D eigenvalue weighted by Crippen LogP contribution is -2.46. The van der Waals surface area contributed by atoms with Crippen LogP contribution in [-0.2, 0) is 4.43 Å². The molecule has 1 aliphatic rings. The van der Waals surface area contributed by atoms with Crippen LogP contribution in [-0.4, -0.2) is 68.7 Å². The summed E-state index contributed by atoms with van der Waals surface area (Å²) in [6.45, 7) is 15.9. The smallest absolute Gasteiger partial charge is 0.286 e. The number of nitrogens with zero attached hydrogens (tertiary/aromatic N) is 2. The average Bonchev–Trinajstić information content (AvgIpc) is 3.16. The molecule has 10 heteroatoms. The summed E-state index contributed by atoms with van der Waals surface area (Å²) in [4.78, 5) is 26.5. The van der Waals surface area contributed by atoms with Crippen molar-refractivity contribution >= 4 is 19.9 Å². The van der Waals surface area contributed by atoms with Gasteiger partial charge in [0, 0.05) is 19.2 Å². The lowest BCUT2D eigenvalue weighted by Gasteiger charge is -2.38. The fraction of sp³-hybridized carbons (Fsp3) is 0.640. The Balaban J connectivity index is 2.29. The minimum Gasteiger partial charge on any atom is -0.493 e. The fourth-order valence-corrected chi connectivity index (χ4v) is 4.70. The quantitative estimate of drug-likeness (QED) is 0.140. The molecule has 9 nitrogen and oxygen atoms in total. The summed E-state index contributed by atoms with van der Waals surface area (Å²) in [5.41, 5.74) is 0.508. The summed E-state index contributed by atoms with van der Waals surface area (Å²) in [5.74, 6) is 0.0172. The summed E-state index contributed by atoms with van der Waals surface area (Å²) in [7, 11) is -0.605. The minimum absolute atomic E-state index is 0.0253. The van der Waals surface area contributed by atoms with E-state index in [0.717, 1.165) is 12.0 Å². The first-order chi connectivity index (χ1) is 16.3. The highest BCUT2D eigenvalue weighted by molar-refractivity contribution is 6.74. The zero-order chi connectivity index (χ0) is 26.4. The molecule has 0 radical (unpaired) electrons. The highest BCUT2D eigenvalue weighted by Crippen LogP contribution is 2.39. The van der Waals surface area contributed by atoms with Gasteiger partial charge in [0.15, 0.2) is 19.8 Å². The van der Waals surface area contributed by atoms with E-state index in [0.29, 0.717) is 39.0 Å². The van der Waals surface area contributed by atoms with Crippen molar-refractivity contribution in [3.8, 4) is 11.5 Å². The van der Waals surface area contributed by atoms with Gasteiger partial charge in [0.2, 0.25) is 0 Å². The molecule has 0 aliphatic carbocycles. The van der Waals surface area contributed by atoms with Crippen molar-refractivity contribution in [1.29, 1.82) is 0 Å². The van der Waals surface area contributed by atoms with E-state index in [4.69, 9.17) is 19.0 Å². The molecule has 1 saturated heterocycles. The Morgan fingerprint density at radius 2 is 1.94 bits per heavy atom. The first-order valence-corrected chi connectivity index (χ1v) is 14.9. The third kappa shape index (κ3) is 7.28. The Kier molecular flexibility index (Phi) is 9.88. The summed E-state index contributed by atoms with van der Waals surface area (Å²) in [5, 5.41) is 20.8. The van der Waals surface area contributed by atoms with Crippen molar-refractivity contribution < 1.29 is 28.7 Å². The molecule has 1 N–H and O–H groups in total. The van der Waals surface area contributed by atoms with Crippen molar-refractivity contribution in [2.24, 2.45) is 0 Å². The van der Waals surface area contributed by atoms with Crippen LogP contribution in [0, 0.1) is 10.1 Å². The van der Waals surface area contributed by atoms with Gasteiger partial charge in [-0.25, -0.2) is 0 Å². The summed E-state index contributed by atoms with van der Waals surface area (Å²) in [6.07, 6.45) is 2.72. The van der Waals surface area contributed by atoms with Gasteiger partial charge >= 0.3 is 0 Å². The lowest BCUT2D eigenvalue weighted by molar-refractivity contribution is -0.385. The van der Waals surface area contributed by atoms with Crippen LogP contribution in [0.1, 0.15) is 56.8 Å². The molecule has 0 aromatic heterocycles. The molecule has 1 atom stereocenters. The molecule has 2 rings (SSSR count). The molecular formula is C25H40N2O7Si. The van der Waals surface area contributed by atoms with Gasteiger partial charge in [0.1, 0.15) is 5.56 Å². The number of nitro groups is 1. The lowest BCUT2D eigenvalue weighted by atomic mass is 10.1. The number of nitro benzene ring substituents is 1. The normalized spacial score (nSPS) is 16.5. The molecule has 0 spiro atoms. The largest absolute Gasteiger partial charge is 0.493 e. The highest BCUT2D eigenvalue weighted by Gasteiger charge is 2.40. The maximum atomic E-state index is 13.6. The fourth-order valence-electron chi connectivity index (χ4n) is 3.66. The Hall–Kier alpha value is -2.43. The van der Waals surface area contributed by atoms with Crippen LogP contribution < -0.4 is 9.47 Å². The predicted molar refractivity (Wildman–Crippen MR) is 138 cm³/mol. The van der Waals surface area contributed by atoms with Gasteiger partial charge < -0.3 is 23.9 Å². The Bertz CT molecular complexity index is 927. The molecule has 35 heavy (non-hydrogen) atoms. The van der Waals surface area contributed by atoms with Gasteiger partial charge in [-0.05, 0) is 43.8 Å². The highest BCUT2D eigenvalue weighted by atomic mass is 28.4. The maximum absolute atomic E-state index is 13.6. The number of methoxy groups -OCH3 is 1. The molecule has 1 amide bonds. The van der Waals surface area contributed by atoms with Gasteiger partial charge in [-0.1, -0.05) is 32.9 Å². The monoisotopic (exact) mass is 508 g/mol. The van der Waals surface area contributed by atoms with E-state index in [2.05, 4.69) is 40.4 Å². The van der Waals surface area contributed by atoms with E-state index >= 15 is 0 Å². The molecule has 1 aromatic carbocycles. The minimum atomic E-state index is -2.04. The van der Waals surface area contributed by atoms with E-state index in [1.165, 1.54) is 19.2 Å². The molecule has 1 heterocycles. The van der Waals surface area contributed by atoms with Gasteiger partial charge in [-0.3, -0.25) is 14.9 Å². The molecule has 0 bridgehead atoms. The zero-order valence-corrected chi connectivity index (χ0v) is 22.9. The average molecular weight is 509 g/mol. The van der Waals surface area contributed by atoms with Crippen molar-refractivity contribution in [2.75, 3.05) is 33.5 Å². The van der Waals surface area contributed by atoms with Gasteiger partial charge in [-0.15, -0.1) is 0 Å². The molecule has 1 fully saturated rings. The number of carbonyl (C=O) groups excluding carboxylic acids is 1. The van der Waals surface area contributed by atoms with Crippen molar-refractivity contribution in [2.45, 2.75) is 70.6 Å². The second-order valence-electron chi connectivity index (χ2n) is 10.5. The van der Waals surface area contributed by atoms with Crippen LogP contribution in [0.3, 0.4) is 0 Å². The third-order valence-electron chi connectivity index (χ3n) is 6.83. The SMILES string of the molecule is C=C1C[C@@H](CO[Si](C)(C)C(C)(C)C)N(C(=O)c2cc(OC)c(OCCCCCO)cc2[N+](=O)[O-])C1. The standard InChI is InChI=1S/C25H40N2O7Si/c1-18-13-19(17-34-35(6,7)25(2,3)4)26(16-18)24(29)20-14-22(32-5)23(15-21(20)27(30)31)33-12-10-8-9-11-28/h14-15,19,28H,1,8-13,16-17H2,2-7H3/t19-/m0/s1. The molecule has 0 unspecified atom stereocenters. The van der Waals surface area contributed by atoms with Crippen LogP contribution in [0.15, 0.2) is 24.3 Å². The summed E-state index contributed by atoms with van der Waals surface area (Å²) in [6, 6.07) is 2.40. The number of aliphatic hydroxyl groups excluding tert-OH is 1. The maximum Gasteiger partial charge on any atom is 0.286 e. The Morgan fingerprint density at radius 1 is 1.26 bits per heavy atom. The number of carbonyl (C=O) groups is 1. The second kappa shape index (κ2) is 12.0. The van der Waals surface area contributed by atoms with Crippen LogP contribution in [0.2, 0.25) is 18.1 Å². The number of rotatable bonds is 12. The number of hydrogen-bond donors (Lipinski definition) is 1. The summed E-state index contributed by atoms with van der Waals surface area (Å²) < 4.78 is 17.5. The zero-order valence-electron chi connectivity index (χ0n) is 21.9. The van der Waals surface area contributed by atoms with Crippen LogP contribution in [0.4, 0.5) is 5.69 Å². The Morgan fingerprint density at radius 3 is 2.51 bits per heavy atom. The first-order valence-electron chi connectivity index (χ1n) is 12.0. The van der Waals surface area contributed by atoms with E-state index in [9.17, 15) is 14.9 Å². The van der Waals surface area contributed by atoms with Gasteiger partial charge in [0.25, 0.3) is 11.6 Å². The van der Waals surface area contributed by atoms with Crippen molar-refractivity contribution in [1.82, 2.24) is 4.90 Å². The first kappa shape index (κ1) is 28.8. The van der Waals surface area contributed by atoms with Crippen molar-refractivity contribution in [3.05, 3.63) is 40.0 Å². The number of hydrogen-bond acceptors (Lipinski definition) is 7. The number of ether oxygens (including phenoxy) is 2. The molecule has 1 aliphatic heterocycles. The van der Waals surface area contributed by atoms with Crippen molar-refractivity contribution in [3.63, 3.8) is 0 Å². The summed E-state index contributed by atoms with van der Waals surface area (Å²) >= 11 is 0. The Labute approximate surface area is 209 Å². The topological polar surface area (TPSA) is 111 Å². The van der Waals surface area contributed by atoms with Crippen LogP contribution >= 0.6 is 0 Å². The van der Waals surface area contributed by atoms with Crippen LogP contribution in [0.5, 0.6) is 11.5 Å². The third-order valence-corrected chi connectivity index (χ3v) is 11.3. The molecule has 196 valence electrons. The van der Waals surface area contributed by atoms with Gasteiger partial charge in [0.05, 0.1) is 37.4 Å². The molecule has 0 saturated carbocycles. The van der Waals surface area contributed by atoms with E-state index in [-0.39, 0.29) is 40.4 Å². The molecule has 1 aromatic rings. The second-order valence-corrected chi connectivity index (χ2v) is 15.3. The van der Waals surface area contributed by atoms with E-state index in [1.807, 2.05) is 0 Å². The van der Waals surface area contributed by atoms with Crippen LogP contribution in [0.25, 0.3) is 0 Å². The molecular weight excluding hydrogens is 468 g/mol. The number of likely N-dealkylation sites (tertiary alicyclic amines) is 1.